The third-order valence-electron chi connectivity index (χ3n) is 1.77. The fourth-order valence-electron chi connectivity index (χ4n) is 1.08. The predicted molar refractivity (Wildman–Crippen MR) is 59.3 cm³/mol. The van der Waals surface area contributed by atoms with Crippen molar-refractivity contribution in [3.63, 3.8) is 0 Å². The van der Waals surface area contributed by atoms with Crippen molar-refractivity contribution < 1.29 is 0 Å². The van der Waals surface area contributed by atoms with Crippen LogP contribution in [0.25, 0.3) is 11.5 Å². The molecule has 0 spiro atoms. The smallest absolute Gasteiger partial charge is 0.202 e. The Morgan fingerprint density at radius 3 is 2.73 bits per heavy atom. The van der Waals surface area contributed by atoms with Gasteiger partial charge >= 0.3 is 0 Å². The van der Waals surface area contributed by atoms with Crippen LogP contribution in [0.4, 0.5) is 5.82 Å². The first-order valence-electron chi connectivity index (χ1n) is 4.27. The summed E-state index contributed by atoms with van der Waals surface area (Å²) in [4.78, 5) is 8.25. The molecule has 0 bridgehead atoms. The van der Waals surface area contributed by atoms with Gasteiger partial charge in [-0.2, -0.15) is 0 Å². The number of hydrogen-bond donors (Lipinski definition) is 1. The van der Waals surface area contributed by atoms with Crippen molar-refractivity contribution in [3.8, 4) is 11.5 Å². The Bertz CT molecular complexity index is 459. The molecule has 76 valence electrons. The molecule has 0 saturated heterocycles. The first-order chi connectivity index (χ1) is 7.31. The van der Waals surface area contributed by atoms with Crippen molar-refractivity contribution >= 4 is 17.6 Å². The fraction of sp³-hybridized carbons (Fsp3) is 0.111. The van der Waals surface area contributed by atoms with Crippen molar-refractivity contribution in [2.24, 2.45) is 0 Å². The van der Waals surface area contributed by atoms with Crippen LogP contribution in [-0.2, 0) is 0 Å². The summed E-state index contributed by atoms with van der Waals surface area (Å²) in [5, 5.41) is 8.55. The van der Waals surface area contributed by atoms with Crippen molar-refractivity contribution in [1.29, 1.82) is 0 Å². The van der Waals surface area contributed by atoms with Gasteiger partial charge in [0, 0.05) is 6.20 Å². The first-order valence-corrected chi connectivity index (χ1v) is 5.49. The molecule has 0 unspecified atom stereocenters. The molecular formula is C9H9N5S. The highest BCUT2D eigenvalue weighted by Gasteiger charge is 2.07. The molecule has 2 N–H and O–H groups in total. The van der Waals surface area contributed by atoms with Gasteiger partial charge in [0.2, 0.25) is 5.82 Å². The normalized spacial score (nSPS) is 10.2. The highest BCUT2D eigenvalue weighted by Crippen LogP contribution is 2.19. The van der Waals surface area contributed by atoms with Gasteiger partial charge in [0.05, 0.1) is 0 Å². The SMILES string of the molecule is CSc1nnc(-c2ccccn2)nc1N. The number of aromatic nitrogens is 4. The third-order valence-corrected chi connectivity index (χ3v) is 2.45. The summed E-state index contributed by atoms with van der Waals surface area (Å²) in [6.07, 6.45) is 3.56. The molecule has 2 heterocycles. The quantitative estimate of drug-likeness (QED) is 0.765. The summed E-state index contributed by atoms with van der Waals surface area (Å²) in [6, 6.07) is 5.51. The zero-order valence-corrected chi connectivity index (χ0v) is 8.90. The molecule has 0 aliphatic rings. The summed E-state index contributed by atoms with van der Waals surface area (Å²) in [7, 11) is 0. The summed E-state index contributed by atoms with van der Waals surface area (Å²) in [5.74, 6) is 0.837. The molecule has 0 atom stereocenters. The average molecular weight is 219 g/mol. The van der Waals surface area contributed by atoms with E-state index >= 15 is 0 Å². The predicted octanol–water partition coefficient (Wildman–Crippen LogP) is 1.24. The summed E-state index contributed by atoms with van der Waals surface area (Å²) in [6.45, 7) is 0. The minimum absolute atomic E-state index is 0.387. The van der Waals surface area contributed by atoms with E-state index in [0.717, 1.165) is 0 Å². The number of anilines is 1. The number of nitrogen functional groups attached to an aromatic ring is 1. The van der Waals surface area contributed by atoms with Gasteiger partial charge in [-0.1, -0.05) is 6.07 Å². The van der Waals surface area contributed by atoms with Crippen LogP contribution < -0.4 is 5.73 Å². The second-order valence-corrected chi connectivity index (χ2v) is 3.54. The highest BCUT2D eigenvalue weighted by atomic mass is 32.2. The Morgan fingerprint density at radius 1 is 1.27 bits per heavy atom. The zero-order valence-electron chi connectivity index (χ0n) is 8.08. The fourth-order valence-corrected chi connectivity index (χ4v) is 1.45. The lowest BCUT2D eigenvalue weighted by atomic mass is 10.3. The summed E-state index contributed by atoms with van der Waals surface area (Å²) in [5.41, 5.74) is 6.38. The Kier molecular flexibility index (Phi) is 2.77. The molecular weight excluding hydrogens is 210 g/mol. The molecule has 2 rings (SSSR count). The van der Waals surface area contributed by atoms with Gasteiger partial charge in [0.25, 0.3) is 0 Å². The standard InChI is InChI=1S/C9H9N5S/c1-15-9-7(10)12-8(13-14-9)6-4-2-3-5-11-6/h2-5H,1H3,(H2,10,12,13). The number of thioether (sulfide) groups is 1. The summed E-state index contributed by atoms with van der Waals surface area (Å²) >= 11 is 1.42. The lowest BCUT2D eigenvalue weighted by Crippen LogP contribution is -2.01. The van der Waals surface area contributed by atoms with Gasteiger partial charge in [-0.25, -0.2) is 4.98 Å². The lowest BCUT2D eigenvalue weighted by molar-refractivity contribution is 0.892. The average Bonchev–Trinajstić information content (AvgIpc) is 2.30. The van der Waals surface area contributed by atoms with Crippen LogP contribution in [0.5, 0.6) is 0 Å². The van der Waals surface area contributed by atoms with Crippen LogP contribution in [0.3, 0.4) is 0 Å². The van der Waals surface area contributed by atoms with Crippen LogP contribution >= 0.6 is 11.8 Å². The summed E-state index contributed by atoms with van der Waals surface area (Å²) < 4.78 is 0. The topological polar surface area (TPSA) is 77.6 Å². The van der Waals surface area contributed by atoms with E-state index in [1.807, 2.05) is 24.5 Å². The molecule has 5 nitrogen and oxygen atoms in total. The minimum Gasteiger partial charge on any atom is -0.381 e. The molecule has 0 aliphatic heterocycles. The Hall–Kier alpha value is -1.69. The van der Waals surface area contributed by atoms with Crippen molar-refractivity contribution in [2.45, 2.75) is 5.03 Å². The molecule has 6 heteroatoms. The number of rotatable bonds is 2. The Morgan fingerprint density at radius 2 is 2.13 bits per heavy atom. The molecule has 0 fully saturated rings. The second kappa shape index (κ2) is 4.22. The van der Waals surface area contributed by atoms with Crippen LogP contribution in [0.2, 0.25) is 0 Å². The molecule has 0 aromatic carbocycles. The second-order valence-electron chi connectivity index (χ2n) is 2.74. The maximum atomic E-state index is 5.71. The van der Waals surface area contributed by atoms with E-state index < -0.39 is 0 Å². The number of hydrogen-bond acceptors (Lipinski definition) is 6. The lowest BCUT2D eigenvalue weighted by Gasteiger charge is -2.01. The molecule has 15 heavy (non-hydrogen) atoms. The molecule has 0 amide bonds. The van der Waals surface area contributed by atoms with Crippen LogP contribution in [-0.4, -0.2) is 26.4 Å². The van der Waals surface area contributed by atoms with Gasteiger partial charge in [-0.05, 0) is 18.4 Å². The van der Waals surface area contributed by atoms with E-state index in [2.05, 4.69) is 20.2 Å². The highest BCUT2D eigenvalue weighted by molar-refractivity contribution is 7.98. The van der Waals surface area contributed by atoms with Crippen molar-refractivity contribution in [1.82, 2.24) is 20.2 Å². The minimum atomic E-state index is 0.387. The van der Waals surface area contributed by atoms with E-state index in [1.165, 1.54) is 11.8 Å². The van der Waals surface area contributed by atoms with Crippen LogP contribution in [0.1, 0.15) is 0 Å². The monoisotopic (exact) mass is 219 g/mol. The molecule has 0 aliphatic carbocycles. The largest absolute Gasteiger partial charge is 0.381 e. The first kappa shape index (κ1) is 9.85. The Balaban J connectivity index is 2.43. The number of pyridine rings is 1. The number of nitrogens with two attached hydrogens (primary N) is 1. The van der Waals surface area contributed by atoms with E-state index in [4.69, 9.17) is 5.73 Å². The Labute approximate surface area is 91.2 Å². The third kappa shape index (κ3) is 2.04. The van der Waals surface area contributed by atoms with Crippen molar-refractivity contribution in [3.05, 3.63) is 24.4 Å². The van der Waals surface area contributed by atoms with E-state index in [1.54, 1.807) is 6.20 Å². The van der Waals surface area contributed by atoms with Gasteiger partial charge in [0.1, 0.15) is 5.69 Å². The van der Waals surface area contributed by atoms with E-state index in [0.29, 0.717) is 22.4 Å². The molecule has 2 aromatic rings. The van der Waals surface area contributed by atoms with Crippen LogP contribution in [0, 0.1) is 0 Å². The van der Waals surface area contributed by atoms with Gasteiger partial charge in [-0.15, -0.1) is 22.0 Å². The van der Waals surface area contributed by atoms with Crippen molar-refractivity contribution in [2.75, 3.05) is 12.0 Å². The molecule has 2 aromatic heterocycles. The maximum absolute atomic E-state index is 5.71. The zero-order chi connectivity index (χ0) is 10.7. The number of nitrogens with zero attached hydrogens (tertiary/aromatic N) is 4. The molecule has 0 saturated carbocycles. The van der Waals surface area contributed by atoms with E-state index in [9.17, 15) is 0 Å². The molecule has 0 radical (unpaired) electrons. The van der Waals surface area contributed by atoms with E-state index in [-0.39, 0.29) is 0 Å². The van der Waals surface area contributed by atoms with Gasteiger partial charge in [-0.3, -0.25) is 4.98 Å². The maximum Gasteiger partial charge on any atom is 0.202 e. The van der Waals surface area contributed by atoms with Crippen LogP contribution in [0.15, 0.2) is 29.4 Å². The van der Waals surface area contributed by atoms with Gasteiger partial charge in [0.15, 0.2) is 10.8 Å². The van der Waals surface area contributed by atoms with Gasteiger partial charge < -0.3 is 5.73 Å².